The van der Waals surface area contributed by atoms with Gasteiger partial charge in [-0.3, -0.25) is 0 Å². The van der Waals surface area contributed by atoms with Gasteiger partial charge in [0.1, 0.15) is 0 Å². The highest BCUT2D eigenvalue weighted by atomic mass is 15.6. The minimum absolute atomic E-state index is 0.521. The Balaban J connectivity index is 3.56. The highest BCUT2D eigenvalue weighted by Gasteiger charge is 2.03. The van der Waals surface area contributed by atoms with Gasteiger partial charge in [-0.25, -0.2) is 10.0 Å². The second-order valence-electron chi connectivity index (χ2n) is 2.58. The molecule has 0 saturated carbocycles. The first-order valence-corrected chi connectivity index (χ1v) is 3.88. The van der Waals surface area contributed by atoms with Crippen molar-refractivity contribution in [3.8, 4) is 12.1 Å². The molecule has 0 aliphatic carbocycles. The van der Waals surface area contributed by atoms with Gasteiger partial charge in [0, 0.05) is 40.0 Å². The van der Waals surface area contributed by atoms with Gasteiger partial charge in [0.15, 0.2) is 0 Å². The molecule has 0 aliphatic heterocycles. The molecule has 12 heavy (non-hydrogen) atoms. The Kier molecular flexibility index (Phi) is 6.00. The molecule has 0 aromatic carbocycles. The molecule has 0 radical (unpaired) electrons. The molecule has 0 N–H and O–H groups in total. The van der Waals surface area contributed by atoms with E-state index in [0.29, 0.717) is 12.8 Å². The number of hydrogen-bond acceptors (Lipinski definition) is 4. The number of hydrazine groups is 1. The summed E-state index contributed by atoms with van der Waals surface area (Å²) >= 11 is 0. The minimum atomic E-state index is 0.521. The van der Waals surface area contributed by atoms with Crippen molar-refractivity contribution in [1.29, 1.82) is 10.5 Å². The Bertz CT molecular complexity index is 166. The molecule has 4 nitrogen and oxygen atoms in total. The average molecular weight is 166 g/mol. The first-order valence-electron chi connectivity index (χ1n) is 3.88. The summed E-state index contributed by atoms with van der Waals surface area (Å²) < 4.78 is 0. The summed E-state index contributed by atoms with van der Waals surface area (Å²) in [6.45, 7) is 1.44. The fourth-order valence-electron chi connectivity index (χ4n) is 0.765. The third-order valence-corrected chi connectivity index (χ3v) is 1.68. The van der Waals surface area contributed by atoms with E-state index in [4.69, 9.17) is 10.5 Å². The van der Waals surface area contributed by atoms with E-state index in [9.17, 15) is 0 Å². The number of rotatable bonds is 5. The van der Waals surface area contributed by atoms with Gasteiger partial charge in [-0.2, -0.15) is 10.5 Å². The van der Waals surface area contributed by atoms with Crippen LogP contribution >= 0.6 is 0 Å². The van der Waals surface area contributed by atoms with Crippen molar-refractivity contribution >= 4 is 0 Å². The van der Waals surface area contributed by atoms with Crippen LogP contribution in [0.3, 0.4) is 0 Å². The van der Waals surface area contributed by atoms with Crippen molar-refractivity contribution in [3.63, 3.8) is 0 Å². The smallest absolute Gasteiger partial charge is 0.0635 e. The summed E-state index contributed by atoms with van der Waals surface area (Å²) in [6, 6.07) is 4.15. The lowest BCUT2D eigenvalue weighted by atomic mass is 10.4. The van der Waals surface area contributed by atoms with E-state index < -0.39 is 0 Å². The van der Waals surface area contributed by atoms with Crippen LogP contribution in [0.4, 0.5) is 0 Å². The van der Waals surface area contributed by atoms with E-state index >= 15 is 0 Å². The number of hydrogen-bond donors (Lipinski definition) is 0. The van der Waals surface area contributed by atoms with Crippen LogP contribution in [-0.2, 0) is 0 Å². The Morgan fingerprint density at radius 3 is 1.50 bits per heavy atom. The lowest BCUT2D eigenvalue weighted by molar-refractivity contribution is 0.0317. The maximum Gasteiger partial charge on any atom is 0.0635 e. The van der Waals surface area contributed by atoms with E-state index in [2.05, 4.69) is 12.1 Å². The fourth-order valence-corrected chi connectivity index (χ4v) is 0.765. The van der Waals surface area contributed by atoms with Gasteiger partial charge in [-0.05, 0) is 0 Å². The molecule has 0 aliphatic rings. The molecule has 0 saturated heterocycles. The summed E-state index contributed by atoms with van der Waals surface area (Å²) in [5.74, 6) is 0. The Hall–Kier alpha value is -1.10. The molecular weight excluding hydrogens is 152 g/mol. The molecule has 4 heteroatoms. The predicted molar refractivity (Wildman–Crippen MR) is 45.7 cm³/mol. The lowest BCUT2D eigenvalue weighted by Gasteiger charge is -2.26. The molecule has 0 bridgehead atoms. The molecule has 0 amide bonds. The van der Waals surface area contributed by atoms with E-state index in [0.717, 1.165) is 13.1 Å². The van der Waals surface area contributed by atoms with Gasteiger partial charge in [-0.15, -0.1) is 0 Å². The fraction of sp³-hybridized carbons (Fsp3) is 0.750. The van der Waals surface area contributed by atoms with E-state index in [1.54, 1.807) is 0 Å². The average Bonchev–Trinajstić information content (AvgIpc) is 2.10. The maximum atomic E-state index is 8.33. The molecular formula is C8H14N4. The minimum Gasteiger partial charge on any atom is -0.244 e. The van der Waals surface area contributed by atoms with Crippen LogP contribution in [0.15, 0.2) is 0 Å². The lowest BCUT2D eigenvalue weighted by Crippen LogP contribution is -2.37. The van der Waals surface area contributed by atoms with Crippen LogP contribution in [0, 0.1) is 22.7 Å². The quantitative estimate of drug-likeness (QED) is 0.561. The van der Waals surface area contributed by atoms with Gasteiger partial charge >= 0.3 is 0 Å². The van der Waals surface area contributed by atoms with Crippen LogP contribution in [-0.4, -0.2) is 37.2 Å². The summed E-state index contributed by atoms with van der Waals surface area (Å²) in [6.07, 6.45) is 1.04. The van der Waals surface area contributed by atoms with Crippen molar-refractivity contribution < 1.29 is 0 Å². The summed E-state index contributed by atoms with van der Waals surface area (Å²) in [4.78, 5) is 0. The van der Waals surface area contributed by atoms with Crippen LogP contribution in [0.1, 0.15) is 12.8 Å². The standard InChI is InChI=1S/C8H14N4/c1-11(7-3-5-9)12(2)8-4-6-10/h3-4,7-8H2,1-2H3. The van der Waals surface area contributed by atoms with E-state index in [1.807, 2.05) is 24.1 Å². The third-order valence-electron chi connectivity index (χ3n) is 1.68. The van der Waals surface area contributed by atoms with Gasteiger partial charge in [-0.1, -0.05) is 0 Å². The van der Waals surface area contributed by atoms with Gasteiger partial charge in [0.2, 0.25) is 0 Å². The zero-order valence-electron chi connectivity index (χ0n) is 7.62. The molecule has 0 fully saturated rings. The third kappa shape index (κ3) is 4.68. The van der Waals surface area contributed by atoms with Crippen molar-refractivity contribution in [2.24, 2.45) is 0 Å². The van der Waals surface area contributed by atoms with Crippen LogP contribution in [0.5, 0.6) is 0 Å². The molecule has 0 aromatic heterocycles. The van der Waals surface area contributed by atoms with E-state index in [1.165, 1.54) is 0 Å². The SMILES string of the molecule is CN(CCC#N)N(C)CCC#N. The van der Waals surface area contributed by atoms with Gasteiger partial charge < -0.3 is 0 Å². The molecule has 0 rings (SSSR count). The topological polar surface area (TPSA) is 54.1 Å². The summed E-state index contributed by atoms with van der Waals surface area (Å²) in [7, 11) is 3.82. The molecule has 0 aromatic rings. The molecule has 0 atom stereocenters. The molecule has 0 spiro atoms. The monoisotopic (exact) mass is 166 g/mol. The largest absolute Gasteiger partial charge is 0.244 e. The van der Waals surface area contributed by atoms with Crippen molar-refractivity contribution in [2.75, 3.05) is 27.2 Å². The van der Waals surface area contributed by atoms with Crippen LogP contribution in [0.2, 0.25) is 0 Å². The van der Waals surface area contributed by atoms with Crippen molar-refractivity contribution in [3.05, 3.63) is 0 Å². The van der Waals surface area contributed by atoms with Crippen LogP contribution in [0.25, 0.3) is 0 Å². The Labute approximate surface area is 73.6 Å². The Morgan fingerprint density at radius 2 is 1.25 bits per heavy atom. The first-order chi connectivity index (χ1) is 5.72. The van der Waals surface area contributed by atoms with Crippen molar-refractivity contribution in [1.82, 2.24) is 10.0 Å². The second-order valence-corrected chi connectivity index (χ2v) is 2.58. The molecule has 0 heterocycles. The normalized spacial score (nSPS) is 9.83. The zero-order valence-corrected chi connectivity index (χ0v) is 7.62. The van der Waals surface area contributed by atoms with Gasteiger partial charge in [0.05, 0.1) is 12.1 Å². The first kappa shape index (κ1) is 10.9. The maximum absolute atomic E-state index is 8.33. The summed E-state index contributed by atoms with van der Waals surface area (Å²) in [5, 5.41) is 20.5. The predicted octanol–water partition coefficient (Wildman–Crippen LogP) is 0.592. The van der Waals surface area contributed by atoms with Gasteiger partial charge in [0.25, 0.3) is 0 Å². The molecule has 0 unspecified atom stereocenters. The second kappa shape index (κ2) is 6.60. The highest BCUT2D eigenvalue weighted by Crippen LogP contribution is 1.93. The van der Waals surface area contributed by atoms with Crippen LogP contribution < -0.4 is 0 Å². The number of nitrogens with zero attached hydrogens (tertiary/aromatic N) is 4. The number of nitriles is 2. The highest BCUT2D eigenvalue weighted by molar-refractivity contribution is 4.72. The summed E-state index contributed by atoms with van der Waals surface area (Å²) in [5.41, 5.74) is 0. The Morgan fingerprint density at radius 1 is 0.917 bits per heavy atom. The van der Waals surface area contributed by atoms with Crippen molar-refractivity contribution in [2.45, 2.75) is 12.8 Å². The van der Waals surface area contributed by atoms with E-state index in [-0.39, 0.29) is 0 Å². The molecule has 66 valence electrons. The zero-order chi connectivity index (χ0) is 9.40.